The van der Waals surface area contributed by atoms with E-state index in [1.165, 1.54) is 18.2 Å². The molecule has 1 saturated heterocycles. The standard InChI is InChI=1S/C29H36N3O7P/c1-5-22-18-38-40(37,39-19-22)28-21(3)31(15-14-30(4)17-23-10-7-6-8-11-23)20(2)26(29(33)34)27(28)24-12-9-13-25(16-24)32(35)36/h6-13,16,22,27H,5,14-15,17-19H2,1-4H3,(H,33,34). The summed E-state index contributed by atoms with van der Waals surface area (Å²) in [7, 11) is -1.96. The van der Waals surface area contributed by atoms with E-state index in [0.717, 1.165) is 12.0 Å². The minimum Gasteiger partial charge on any atom is -0.478 e. The van der Waals surface area contributed by atoms with E-state index in [1.54, 1.807) is 19.9 Å². The van der Waals surface area contributed by atoms with Crippen molar-refractivity contribution in [2.24, 2.45) is 5.92 Å². The fourth-order valence-electron chi connectivity index (χ4n) is 5.31. The molecule has 1 atom stereocenters. The Bertz CT molecular complexity index is 1360. The maximum absolute atomic E-state index is 14.4. The largest absolute Gasteiger partial charge is 0.478 e. The van der Waals surface area contributed by atoms with Gasteiger partial charge < -0.3 is 24.0 Å². The zero-order chi connectivity index (χ0) is 29.0. The molecule has 4 rings (SSSR count). The fraction of sp³-hybridized carbons (Fsp3) is 0.414. The van der Waals surface area contributed by atoms with Gasteiger partial charge >= 0.3 is 13.6 Å². The molecule has 2 aromatic rings. The molecule has 1 N–H and O–H groups in total. The third-order valence-electron chi connectivity index (χ3n) is 7.61. The highest BCUT2D eigenvalue weighted by Crippen LogP contribution is 2.66. The molecule has 0 amide bonds. The van der Waals surface area contributed by atoms with Crippen molar-refractivity contribution in [1.29, 1.82) is 0 Å². The minimum absolute atomic E-state index is 0.00755. The van der Waals surface area contributed by atoms with Crippen molar-refractivity contribution >= 4 is 19.3 Å². The highest BCUT2D eigenvalue weighted by atomic mass is 31.2. The van der Waals surface area contributed by atoms with Crippen LogP contribution < -0.4 is 0 Å². The normalized spacial score (nSPS) is 23.6. The van der Waals surface area contributed by atoms with Gasteiger partial charge in [0, 0.05) is 49.1 Å². The lowest BCUT2D eigenvalue weighted by atomic mass is 9.85. The summed E-state index contributed by atoms with van der Waals surface area (Å²) in [4.78, 5) is 27.8. The molecule has 2 aliphatic heterocycles. The number of carbonyl (C=O) groups is 1. The number of carboxylic acids is 1. The molecular formula is C29H36N3O7P. The van der Waals surface area contributed by atoms with Gasteiger partial charge in [-0.1, -0.05) is 49.4 Å². The Morgan fingerprint density at radius 2 is 1.80 bits per heavy atom. The molecule has 0 aromatic heterocycles. The number of nitro groups is 1. The molecule has 0 bridgehead atoms. The SMILES string of the molecule is CCC1COP(=O)(C2=C(C)N(CCN(C)Cc3ccccc3)C(C)=C(C(=O)O)C2c2cccc([N+](=O)[O-])c2)OC1. The van der Waals surface area contributed by atoms with E-state index in [-0.39, 0.29) is 35.7 Å². The van der Waals surface area contributed by atoms with Gasteiger partial charge in [-0.3, -0.25) is 14.7 Å². The molecule has 1 fully saturated rings. The predicted octanol–water partition coefficient (Wildman–Crippen LogP) is 5.98. The van der Waals surface area contributed by atoms with Crippen molar-refractivity contribution < 1.29 is 28.4 Å². The first kappa shape index (κ1) is 29.7. The quantitative estimate of drug-likeness (QED) is 0.209. The number of carboxylic acid groups (broad SMARTS) is 1. The molecule has 11 heteroatoms. The lowest BCUT2D eigenvalue weighted by Gasteiger charge is -2.41. The van der Waals surface area contributed by atoms with Crippen molar-refractivity contribution in [2.45, 2.75) is 39.7 Å². The number of non-ortho nitro benzene ring substituents is 1. The molecule has 0 spiro atoms. The molecule has 2 heterocycles. The smallest absolute Gasteiger partial charge is 0.360 e. The molecular weight excluding hydrogens is 533 g/mol. The molecule has 0 saturated carbocycles. The second kappa shape index (κ2) is 12.5. The Balaban J connectivity index is 1.77. The van der Waals surface area contributed by atoms with Gasteiger partial charge in [-0.2, -0.15) is 0 Å². The number of likely N-dealkylation sites (N-methyl/N-ethyl adjacent to an activating group) is 1. The Labute approximate surface area is 234 Å². The van der Waals surface area contributed by atoms with E-state index in [9.17, 15) is 24.6 Å². The number of rotatable bonds is 10. The van der Waals surface area contributed by atoms with Crippen LogP contribution in [0, 0.1) is 16.0 Å². The highest BCUT2D eigenvalue weighted by molar-refractivity contribution is 7.58. The van der Waals surface area contributed by atoms with Gasteiger partial charge in [0.25, 0.3) is 5.69 Å². The maximum atomic E-state index is 14.4. The topological polar surface area (TPSA) is 122 Å². The van der Waals surface area contributed by atoms with E-state index in [1.807, 2.05) is 49.2 Å². The van der Waals surface area contributed by atoms with Gasteiger partial charge in [0.05, 0.1) is 34.9 Å². The van der Waals surface area contributed by atoms with Crippen LogP contribution in [0.15, 0.2) is 76.9 Å². The predicted molar refractivity (Wildman–Crippen MR) is 152 cm³/mol. The lowest BCUT2D eigenvalue weighted by Crippen LogP contribution is -2.37. The van der Waals surface area contributed by atoms with Gasteiger partial charge in [0.2, 0.25) is 0 Å². The zero-order valence-corrected chi connectivity index (χ0v) is 24.2. The van der Waals surface area contributed by atoms with Crippen LogP contribution in [0.2, 0.25) is 0 Å². The number of allylic oxidation sites excluding steroid dienone is 3. The van der Waals surface area contributed by atoms with Gasteiger partial charge in [-0.05, 0) is 38.4 Å². The zero-order valence-electron chi connectivity index (χ0n) is 23.3. The van der Waals surface area contributed by atoms with E-state index >= 15 is 0 Å². The van der Waals surface area contributed by atoms with Crippen LogP contribution >= 0.6 is 7.60 Å². The first-order chi connectivity index (χ1) is 19.1. The van der Waals surface area contributed by atoms with E-state index in [2.05, 4.69) is 4.90 Å². The van der Waals surface area contributed by atoms with Crippen LogP contribution in [0.25, 0.3) is 0 Å². The van der Waals surface area contributed by atoms with Crippen LogP contribution in [0.3, 0.4) is 0 Å². The molecule has 0 aliphatic carbocycles. The van der Waals surface area contributed by atoms with Crippen LogP contribution in [0.4, 0.5) is 5.69 Å². The van der Waals surface area contributed by atoms with Crippen molar-refractivity contribution in [3.8, 4) is 0 Å². The molecule has 214 valence electrons. The van der Waals surface area contributed by atoms with E-state index < -0.39 is 24.4 Å². The number of benzene rings is 2. The Morgan fingerprint density at radius 1 is 1.12 bits per heavy atom. The molecule has 0 radical (unpaired) electrons. The average Bonchev–Trinajstić information content (AvgIpc) is 2.93. The average molecular weight is 570 g/mol. The Morgan fingerprint density at radius 3 is 2.40 bits per heavy atom. The third-order valence-corrected chi connectivity index (χ3v) is 9.76. The van der Waals surface area contributed by atoms with E-state index in [0.29, 0.717) is 36.6 Å². The van der Waals surface area contributed by atoms with Gasteiger partial charge in [0.1, 0.15) is 0 Å². The van der Waals surface area contributed by atoms with E-state index in [4.69, 9.17) is 9.05 Å². The first-order valence-electron chi connectivity index (χ1n) is 13.3. The summed E-state index contributed by atoms with van der Waals surface area (Å²) < 4.78 is 26.2. The molecule has 2 aliphatic rings. The number of hydrogen-bond donors (Lipinski definition) is 1. The third kappa shape index (κ3) is 6.20. The summed E-state index contributed by atoms with van der Waals surface area (Å²) in [5.41, 5.74) is 2.36. The minimum atomic E-state index is -3.94. The van der Waals surface area contributed by atoms with Crippen molar-refractivity contribution in [1.82, 2.24) is 9.80 Å². The highest BCUT2D eigenvalue weighted by Gasteiger charge is 2.48. The monoisotopic (exact) mass is 569 g/mol. The lowest BCUT2D eigenvalue weighted by molar-refractivity contribution is -0.384. The second-order valence-electron chi connectivity index (χ2n) is 10.3. The van der Waals surface area contributed by atoms with Crippen LogP contribution in [0.5, 0.6) is 0 Å². The summed E-state index contributed by atoms with van der Waals surface area (Å²) in [6, 6.07) is 15.8. The number of aliphatic carboxylic acids is 1. The van der Waals surface area contributed by atoms with Gasteiger partial charge in [-0.25, -0.2) is 4.79 Å². The fourth-order valence-corrected chi connectivity index (χ4v) is 7.59. The Kier molecular flexibility index (Phi) is 9.26. The van der Waals surface area contributed by atoms with Crippen LogP contribution in [-0.2, 0) is 25.0 Å². The summed E-state index contributed by atoms with van der Waals surface area (Å²) in [5, 5.41) is 22.2. The molecule has 1 unspecified atom stereocenters. The summed E-state index contributed by atoms with van der Waals surface area (Å²) in [6.45, 7) is 7.67. The van der Waals surface area contributed by atoms with Crippen molar-refractivity contribution in [3.63, 3.8) is 0 Å². The first-order valence-corrected chi connectivity index (χ1v) is 14.9. The van der Waals surface area contributed by atoms with Crippen LogP contribution in [0.1, 0.15) is 44.2 Å². The number of nitrogens with zero attached hydrogens (tertiary/aromatic N) is 3. The van der Waals surface area contributed by atoms with Gasteiger partial charge in [-0.15, -0.1) is 0 Å². The number of nitro benzene ring substituents is 1. The molecule has 2 aromatic carbocycles. The summed E-state index contributed by atoms with van der Waals surface area (Å²) in [5.74, 6) is -2.17. The Hall–Kier alpha value is -3.30. The van der Waals surface area contributed by atoms with Gasteiger partial charge in [0.15, 0.2) is 0 Å². The number of hydrogen-bond acceptors (Lipinski definition) is 8. The summed E-state index contributed by atoms with van der Waals surface area (Å²) in [6.07, 6.45) is 0.783. The maximum Gasteiger partial charge on any atom is 0.360 e. The van der Waals surface area contributed by atoms with Crippen molar-refractivity contribution in [3.05, 3.63) is 98.1 Å². The molecule has 10 nitrogen and oxygen atoms in total. The second-order valence-corrected chi connectivity index (χ2v) is 12.3. The van der Waals surface area contributed by atoms with Crippen molar-refractivity contribution in [2.75, 3.05) is 33.4 Å². The van der Waals surface area contributed by atoms with Crippen LogP contribution in [-0.4, -0.2) is 59.1 Å². The summed E-state index contributed by atoms with van der Waals surface area (Å²) >= 11 is 0. The molecule has 40 heavy (non-hydrogen) atoms.